The number of fused-ring (bicyclic) bond motifs is 1. The molecular weight excluding hydrogens is 349 g/mol. The maximum atomic E-state index is 13.1. The quantitative estimate of drug-likeness (QED) is 0.841. The van der Waals surface area contributed by atoms with E-state index in [1.165, 1.54) is 42.5 Å². The van der Waals surface area contributed by atoms with Gasteiger partial charge in [-0.3, -0.25) is 9.59 Å². The van der Waals surface area contributed by atoms with Gasteiger partial charge in [-0.15, -0.1) is 0 Å². The highest BCUT2D eigenvalue weighted by atomic mass is 19.4. The summed E-state index contributed by atoms with van der Waals surface area (Å²) < 4.78 is 44.3. The molecule has 0 spiro atoms. The summed E-state index contributed by atoms with van der Waals surface area (Å²) in [4.78, 5) is 24.1. The highest BCUT2D eigenvalue weighted by molar-refractivity contribution is 6.09. The zero-order valence-corrected chi connectivity index (χ0v) is 13.5. The lowest BCUT2D eigenvalue weighted by atomic mass is 9.95. The molecule has 0 aliphatic carbocycles. The summed E-state index contributed by atoms with van der Waals surface area (Å²) in [5.74, 6) is -1.18. The van der Waals surface area contributed by atoms with Gasteiger partial charge in [0, 0.05) is 22.3 Å². The molecule has 1 aliphatic rings. The number of ether oxygens (including phenoxy) is 1. The third kappa shape index (κ3) is 3.33. The molecule has 0 aromatic heterocycles. The number of rotatable bonds is 3. The number of aromatic hydroxyl groups is 1. The van der Waals surface area contributed by atoms with E-state index in [4.69, 9.17) is 4.74 Å². The number of hydrogen-bond acceptors (Lipinski definition) is 4. The summed E-state index contributed by atoms with van der Waals surface area (Å²) in [6.07, 6.45) is -5.95. The number of benzene rings is 2. The van der Waals surface area contributed by atoms with Crippen LogP contribution in [-0.4, -0.2) is 29.0 Å². The smallest absolute Gasteiger partial charge is 0.429 e. The highest BCUT2D eigenvalue weighted by Gasteiger charge is 2.47. The Bertz CT molecular complexity index is 911. The summed E-state index contributed by atoms with van der Waals surface area (Å²) in [5.41, 5.74) is 0.241. The fraction of sp³-hybridized carbons (Fsp3) is 0.158. The van der Waals surface area contributed by atoms with Crippen molar-refractivity contribution < 1.29 is 32.6 Å². The average molecular weight is 362 g/mol. The number of carbonyl (C=O) groups is 2. The molecule has 0 radical (unpaired) electrons. The van der Waals surface area contributed by atoms with Gasteiger partial charge in [0.2, 0.25) is 6.10 Å². The van der Waals surface area contributed by atoms with Gasteiger partial charge in [0.05, 0.1) is 0 Å². The van der Waals surface area contributed by atoms with Crippen LogP contribution in [0.25, 0.3) is 6.08 Å². The highest BCUT2D eigenvalue weighted by Crippen LogP contribution is 2.38. The van der Waals surface area contributed by atoms with Crippen LogP contribution < -0.4 is 4.74 Å². The largest absolute Gasteiger partial charge is 0.508 e. The fourth-order valence-electron chi connectivity index (χ4n) is 2.65. The number of alkyl halides is 3. The van der Waals surface area contributed by atoms with E-state index in [0.29, 0.717) is 5.56 Å². The second kappa shape index (κ2) is 6.33. The average Bonchev–Trinajstić information content (AvgIpc) is 2.59. The Balaban J connectivity index is 2.01. The van der Waals surface area contributed by atoms with Gasteiger partial charge in [-0.25, -0.2) is 0 Å². The molecule has 1 heterocycles. The first-order valence-electron chi connectivity index (χ1n) is 7.60. The molecule has 0 amide bonds. The molecule has 2 aromatic rings. The van der Waals surface area contributed by atoms with Gasteiger partial charge >= 0.3 is 6.18 Å². The fourth-order valence-corrected chi connectivity index (χ4v) is 2.65. The van der Waals surface area contributed by atoms with Crippen molar-refractivity contribution in [1.29, 1.82) is 0 Å². The molecular formula is C19H13F3O4. The molecule has 7 heteroatoms. The zero-order chi connectivity index (χ0) is 19.1. The summed E-state index contributed by atoms with van der Waals surface area (Å²) in [6, 6.07) is 9.59. The molecule has 3 rings (SSSR count). The number of Topliss-reactive ketones (excluding diaryl/α,β-unsaturated/α-hetero) is 1. The Kier molecular flexibility index (Phi) is 4.31. The predicted molar refractivity (Wildman–Crippen MR) is 87.1 cm³/mol. The Hall–Kier alpha value is -3.09. The van der Waals surface area contributed by atoms with Gasteiger partial charge in [-0.2, -0.15) is 13.2 Å². The first kappa shape index (κ1) is 17.7. The van der Waals surface area contributed by atoms with Crippen molar-refractivity contribution in [1.82, 2.24) is 0 Å². The Morgan fingerprint density at radius 3 is 2.23 bits per heavy atom. The lowest BCUT2D eigenvalue weighted by Gasteiger charge is -2.28. The molecule has 1 N–H and O–H groups in total. The van der Waals surface area contributed by atoms with Crippen molar-refractivity contribution in [3.05, 3.63) is 64.7 Å². The van der Waals surface area contributed by atoms with Gasteiger partial charge in [-0.1, -0.05) is 0 Å². The first-order valence-corrected chi connectivity index (χ1v) is 7.60. The monoisotopic (exact) mass is 362 g/mol. The van der Waals surface area contributed by atoms with Crippen molar-refractivity contribution in [3.8, 4) is 11.5 Å². The number of hydrogen-bond donors (Lipinski definition) is 1. The molecule has 4 nitrogen and oxygen atoms in total. The lowest BCUT2D eigenvalue weighted by Crippen LogP contribution is -2.39. The SMILES string of the molecule is CC(=O)C1=Cc2cc(C(=O)c3ccc(O)cc3)ccc2OC1C(F)(F)F. The minimum absolute atomic E-state index is 0.00705. The third-order valence-corrected chi connectivity index (χ3v) is 3.94. The predicted octanol–water partition coefficient (Wildman–Crippen LogP) is 3.92. The van der Waals surface area contributed by atoms with Crippen LogP contribution in [0.1, 0.15) is 28.4 Å². The van der Waals surface area contributed by atoms with Gasteiger partial charge in [0.15, 0.2) is 11.6 Å². The molecule has 0 saturated carbocycles. The normalized spacial score (nSPS) is 16.3. The second-order valence-electron chi connectivity index (χ2n) is 5.82. The van der Waals surface area contributed by atoms with Crippen molar-refractivity contribution in [2.24, 2.45) is 0 Å². The van der Waals surface area contributed by atoms with E-state index >= 15 is 0 Å². The molecule has 1 aliphatic heterocycles. The maximum absolute atomic E-state index is 13.1. The molecule has 0 fully saturated rings. The topological polar surface area (TPSA) is 63.6 Å². The van der Waals surface area contributed by atoms with Crippen LogP contribution >= 0.6 is 0 Å². The van der Waals surface area contributed by atoms with Gasteiger partial charge < -0.3 is 9.84 Å². The van der Waals surface area contributed by atoms with Crippen LogP contribution in [0.2, 0.25) is 0 Å². The standard InChI is InChI=1S/C19H13F3O4/c1-10(23)15-9-13-8-12(17(25)11-2-5-14(24)6-3-11)4-7-16(13)26-18(15)19(20,21)22/h2-9,18,24H,1H3. The molecule has 134 valence electrons. The van der Waals surface area contributed by atoms with Gasteiger partial charge in [0.1, 0.15) is 11.5 Å². The number of carbonyl (C=O) groups excluding carboxylic acids is 2. The van der Waals surface area contributed by atoms with E-state index in [1.807, 2.05) is 0 Å². The van der Waals surface area contributed by atoms with Crippen molar-refractivity contribution in [2.45, 2.75) is 19.2 Å². The lowest BCUT2D eigenvalue weighted by molar-refractivity contribution is -0.184. The zero-order valence-electron chi connectivity index (χ0n) is 13.5. The third-order valence-electron chi connectivity index (χ3n) is 3.94. The van der Waals surface area contributed by atoms with Crippen LogP contribution in [0, 0.1) is 0 Å². The second-order valence-corrected chi connectivity index (χ2v) is 5.82. The number of halogens is 3. The van der Waals surface area contributed by atoms with Crippen molar-refractivity contribution in [3.63, 3.8) is 0 Å². The summed E-state index contributed by atoms with van der Waals surface area (Å²) in [7, 11) is 0. The van der Waals surface area contributed by atoms with Crippen molar-refractivity contribution >= 4 is 17.6 Å². The summed E-state index contributed by atoms with van der Waals surface area (Å²) in [6.45, 7) is 1.03. The Morgan fingerprint density at radius 2 is 1.65 bits per heavy atom. The molecule has 2 aromatic carbocycles. The van der Waals surface area contributed by atoms with E-state index < -0.39 is 23.6 Å². The van der Waals surface area contributed by atoms with Crippen LogP contribution in [0.4, 0.5) is 13.2 Å². The Labute approximate surface area is 146 Å². The first-order chi connectivity index (χ1) is 12.2. The van der Waals surface area contributed by atoms with Gasteiger partial charge in [0.25, 0.3) is 0 Å². The minimum Gasteiger partial charge on any atom is -0.508 e. The van der Waals surface area contributed by atoms with Gasteiger partial charge in [-0.05, 0) is 55.5 Å². The Morgan fingerprint density at radius 1 is 1.04 bits per heavy atom. The molecule has 26 heavy (non-hydrogen) atoms. The number of ketones is 2. The minimum atomic E-state index is -4.73. The molecule has 0 saturated heterocycles. The molecule has 1 atom stereocenters. The van der Waals surface area contributed by atoms with E-state index in [1.54, 1.807) is 0 Å². The number of phenols is 1. The van der Waals surface area contributed by atoms with E-state index in [0.717, 1.165) is 13.0 Å². The van der Waals surface area contributed by atoms with Crippen LogP contribution in [-0.2, 0) is 4.79 Å². The number of phenolic OH excluding ortho intramolecular Hbond substituents is 1. The van der Waals surface area contributed by atoms with Crippen LogP contribution in [0.3, 0.4) is 0 Å². The van der Waals surface area contributed by atoms with E-state index in [9.17, 15) is 27.9 Å². The van der Waals surface area contributed by atoms with E-state index in [-0.39, 0.29) is 28.4 Å². The summed E-state index contributed by atoms with van der Waals surface area (Å²) in [5, 5.41) is 9.28. The molecule has 1 unspecified atom stereocenters. The van der Waals surface area contributed by atoms with Crippen molar-refractivity contribution in [2.75, 3.05) is 0 Å². The summed E-state index contributed by atoms with van der Waals surface area (Å²) >= 11 is 0. The molecule has 0 bridgehead atoms. The maximum Gasteiger partial charge on any atom is 0.429 e. The van der Waals surface area contributed by atoms with Crippen LogP contribution in [0.5, 0.6) is 11.5 Å². The van der Waals surface area contributed by atoms with E-state index in [2.05, 4.69) is 0 Å². The van der Waals surface area contributed by atoms with Crippen LogP contribution in [0.15, 0.2) is 48.0 Å².